The molecule has 0 aromatic heterocycles. The van der Waals surface area contributed by atoms with Crippen LogP contribution in [0.1, 0.15) is 26.3 Å². The molecule has 0 bridgehead atoms. The molecule has 0 fully saturated rings. The first kappa shape index (κ1) is 17.5. The second-order valence-electron chi connectivity index (χ2n) is 5.23. The molecule has 0 saturated heterocycles. The summed E-state index contributed by atoms with van der Waals surface area (Å²) in [5, 5.41) is 0.294. The van der Waals surface area contributed by atoms with Gasteiger partial charge in [-0.3, -0.25) is 9.59 Å². The van der Waals surface area contributed by atoms with E-state index in [2.05, 4.69) is 4.84 Å². The van der Waals surface area contributed by atoms with Gasteiger partial charge < -0.3 is 9.57 Å². The summed E-state index contributed by atoms with van der Waals surface area (Å²) in [4.78, 5) is 40.5. The Bertz CT molecular complexity index is 859. The SMILES string of the molecule is O=C(COc1cccc(C(F)(F)F)c1)ON1C(=O)c2ccccc2C1=O. The second-order valence-corrected chi connectivity index (χ2v) is 5.23. The molecule has 2 aromatic carbocycles. The van der Waals surface area contributed by atoms with Crippen molar-refractivity contribution in [3.8, 4) is 5.75 Å². The third kappa shape index (κ3) is 3.37. The number of rotatable bonds is 4. The maximum absolute atomic E-state index is 12.6. The van der Waals surface area contributed by atoms with Crippen molar-refractivity contribution >= 4 is 17.8 Å². The quantitative estimate of drug-likeness (QED) is 0.779. The number of halogens is 3. The van der Waals surface area contributed by atoms with Gasteiger partial charge in [0.1, 0.15) is 5.75 Å². The van der Waals surface area contributed by atoms with Gasteiger partial charge in [0.05, 0.1) is 16.7 Å². The molecule has 1 heterocycles. The van der Waals surface area contributed by atoms with Crippen LogP contribution in [0.15, 0.2) is 48.5 Å². The number of carbonyl (C=O) groups excluding carboxylic acids is 3. The molecule has 0 aliphatic carbocycles. The molecule has 0 saturated carbocycles. The van der Waals surface area contributed by atoms with Crippen molar-refractivity contribution in [3.05, 3.63) is 65.2 Å². The summed E-state index contributed by atoms with van der Waals surface area (Å²) in [6, 6.07) is 9.82. The van der Waals surface area contributed by atoms with Crippen LogP contribution >= 0.6 is 0 Å². The van der Waals surface area contributed by atoms with Crippen molar-refractivity contribution in [1.29, 1.82) is 0 Å². The largest absolute Gasteiger partial charge is 0.482 e. The van der Waals surface area contributed by atoms with E-state index >= 15 is 0 Å². The molecule has 134 valence electrons. The van der Waals surface area contributed by atoms with E-state index in [9.17, 15) is 27.6 Å². The van der Waals surface area contributed by atoms with E-state index in [1.807, 2.05) is 0 Å². The number of alkyl halides is 3. The number of imide groups is 1. The smallest absolute Gasteiger partial charge is 0.416 e. The number of benzene rings is 2. The van der Waals surface area contributed by atoms with Crippen LogP contribution in [-0.4, -0.2) is 29.5 Å². The molecule has 0 unspecified atom stereocenters. The van der Waals surface area contributed by atoms with E-state index in [-0.39, 0.29) is 16.9 Å². The maximum Gasteiger partial charge on any atom is 0.416 e. The van der Waals surface area contributed by atoms with Crippen LogP contribution in [-0.2, 0) is 15.8 Å². The van der Waals surface area contributed by atoms with Crippen LogP contribution in [0, 0.1) is 0 Å². The first-order valence-corrected chi connectivity index (χ1v) is 7.26. The number of ether oxygens (including phenoxy) is 1. The average molecular weight is 365 g/mol. The minimum Gasteiger partial charge on any atom is -0.482 e. The van der Waals surface area contributed by atoms with E-state index in [4.69, 9.17) is 4.74 Å². The Morgan fingerprint density at radius 2 is 1.58 bits per heavy atom. The van der Waals surface area contributed by atoms with Gasteiger partial charge in [-0.2, -0.15) is 13.2 Å². The fourth-order valence-corrected chi connectivity index (χ4v) is 2.28. The average Bonchev–Trinajstić information content (AvgIpc) is 2.85. The molecule has 0 atom stereocenters. The molecule has 1 aliphatic heterocycles. The third-order valence-corrected chi connectivity index (χ3v) is 3.47. The van der Waals surface area contributed by atoms with Crippen LogP contribution in [0.4, 0.5) is 13.2 Å². The highest BCUT2D eigenvalue weighted by Crippen LogP contribution is 2.31. The number of fused-ring (bicyclic) bond motifs is 1. The van der Waals surface area contributed by atoms with Crippen LogP contribution in [0.3, 0.4) is 0 Å². The van der Waals surface area contributed by atoms with E-state index in [0.717, 1.165) is 18.2 Å². The lowest BCUT2D eigenvalue weighted by molar-refractivity contribution is -0.170. The molecule has 0 radical (unpaired) electrons. The molecular formula is C17H10F3NO5. The lowest BCUT2D eigenvalue weighted by Gasteiger charge is -2.13. The summed E-state index contributed by atoms with van der Waals surface area (Å²) in [5.41, 5.74) is -0.767. The number of amides is 2. The highest BCUT2D eigenvalue weighted by Gasteiger charge is 2.38. The monoisotopic (exact) mass is 365 g/mol. The van der Waals surface area contributed by atoms with Crippen LogP contribution < -0.4 is 4.74 Å². The number of nitrogens with zero attached hydrogens (tertiary/aromatic N) is 1. The summed E-state index contributed by atoms with van der Waals surface area (Å²) in [6.45, 7) is -0.783. The highest BCUT2D eigenvalue weighted by atomic mass is 19.4. The van der Waals surface area contributed by atoms with E-state index in [1.165, 1.54) is 18.2 Å². The van der Waals surface area contributed by atoms with Crippen molar-refractivity contribution in [2.75, 3.05) is 6.61 Å². The third-order valence-electron chi connectivity index (χ3n) is 3.47. The van der Waals surface area contributed by atoms with Gasteiger partial charge in [-0.05, 0) is 30.3 Å². The molecule has 26 heavy (non-hydrogen) atoms. The number of hydrogen-bond acceptors (Lipinski definition) is 5. The Kier molecular flexibility index (Phi) is 4.37. The first-order valence-electron chi connectivity index (χ1n) is 7.26. The predicted octanol–water partition coefficient (Wildman–Crippen LogP) is 2.84. The van der Waals surface area contributed by atoms with Gasteiger partial charge in [-0.1, -0.05) is 23.3 Å². The van der Waals surface area contributed by atoms with E-state index in [1.54, 1.807) is 12.1 Å². The van der Waals surface area contributed by atoms with E-state index in [0.29, 0.717) is 5.06 Å². The molecule has 9 heteroatoms. The number of carbonyl (C=O) groups is 3. The molecule has 0 spiro atoms. The van der Waals surface area contributed by atoms with Gasteiger partial charge in [0, 0.05) is 0 Å². The molecule has 2 aromatic rings. The van der Waals surface area contributed by atoms with Crippen molar-refractivity contribution in [1.82, 2.24) is 5.06 Å². The lowest BCUT2D eigenvalue weighted by Crippen LogP contribution is -2.34. The van der Waals surface area contributed by atoms with Crippen LogP contribution in [0.5, 0.6) is 5.75 Å². The minimum absolute atomic E-state index is 0.0871. The van der Waals surface area contributed by atoms with Crippen molar-refractivity contribution in [3.63, 3.8) is 0 Å². The van der Waals surface area contributed by atoms with Crippen molar-refractivity contribution < 1.29 is 37.1 Å². The summed E-state index contributed by atoms with van der Waals surface area (Å²) in [6.07, 6.45) is -4.56. The van der Waals surface area contributed by atoms with Gasteiger partial charge in [-0.25, -0.2) is 4.79 Å². The minimum atomic E-state index is -4.56. The summed E-state index contributed by atoms with van der Waals surface area (Å²) in [7, 11) is 0. The van der Waals surface area contributed by atoms with Gasteiger partial charge in [0.15, 0.2) is 6.61 Å². The van der Waals surface area contributed by atoms with E-state index < -0.39 is 36.1 Å². The van der Waals surface area contributed by atoms with Gasteiger partial charge in [-0.15, -0.1) is 0 Å². The fourth-order valence-electron chi connectivity index (χ4n) is 2.28. The van der Waals surface area contributed by atoms with Gasteiger partial charge in [0.2, 0.25) is 0 Å². The summed E-state index contributed by atoms with van der Waals surface area (Å²) >= 11 is 0. The Hall–Kier alpha value is -3.36. The normalized spacial score (nSPS) is 13.6. The predicted molar refractivity (Wildman–Crippen MR) is 80.0 cm³/mol. The molecule has 3 rings (SSSR count). The summed E-state index contributed by atoms with van der Waals surface area (Å²) in [5.74, 6) is -2.94. The summed E-state index contributed by atoms with van der Waals surface area (Å²) < 4.78 is 42.8. The zero-order valence-corrected chi connectivity index (χ0v) is 12.9. The molecule has 2 amide bonds. The van der Waals surface area contributed by atoms with Crippen molar-refractivity contribution in [2.24, 2.45) is 0 Å². The van der Waals surface area contributed by atoms with Crippen LogP contribution in [0.25, 0.3) is 0 Å². The zero-order chi connectivity index (χ0) is 18.9. The lowest BCUT2D eigenvalue weighted by atomic mass is 10.1. The number of hydroxylamine groups is 2. The molecular weight excluding hydrogens is 355 g/mol. The van der Waals surface area contributed by atoms with Gasteiger partial charge in [0.25, 0.3) is 11.8 Å². The first-order chi connectivity index (χ1) is 12.3. The van der Waals surface area contributed by atoms with Gasteiger partial charge >= 0.3 is 12.1 Å². The Labute approximate surface area is 144 Å². The molecule has 1 aliphatic rings. The Morgan fingerprint density at radius 1 is 0.962 bits per heavy atom. The second kappa shape index (κ2) is 6.51. The maximum atomic E-state index is 12.6. The number of hydrogen-bond donors (Lipinski definition) is 0. The molecule has 6 nitrogen and oxygen atoms in total. The van der Waals surface area contributed by atoms with Crippen molar-refractivity contribution in [2.45, 2.75) is 6.18 Å². The Balaban J connectivity index is 1.62. The zero-order valence-electron chi connectivity index (χ0n) is 12.9. The standard InChI is InChI=1S/C17H10F3NO5/c18-17(19,20)10-4-3-5-11(8-10)25-9-14(22)26-21-15(23)12-6-1-2-7-13(12)16(21)24/h1-8H,9H2. The molecule has 0 N–H and O–H groups in total. The van der Waals surface area contributed by atoms with Crippen LogP contribution in [0.2, 0.25) is 0 Å². The fraction of sp³-hybridized carbons (Fsp3) is 0.118. The topological polar surface area (TPSA) is 72.9 Å². The highest BCUT2D eigenvalue weighted by molar-refractivity contribution is 6.20. The Morgan fingerprint density at radius 3 is 2.15 bits per heavy atom.